The maximum Gasteiger partial charge on any atom is 0.271 e. The van der Waals surface area contributed by atoms with Crippen LogP contribution in [0.15, 0.2) is 18.2 Å². The van der Waals surface area contributed by atoms with Gasteiger partial charge in [0.2, 0.25) is 5.91 Å². The Morgan fingerprint density at radius 3 is 2.74 bits per heavy atom. The van der Waals surface area contributed by atoms with Gasteiger partial charge in [-0.3, -0.25) is 19.8 Å². The molecule has 0 radical (unpaired) electrons. The standard InChI is InChI=1S/C12H14ClN3O3/c13-10-4-3-9(16(18)19)7-11(10)14-12(17)8-15-5-1-2-6-15/h3-4,7H,1-2,5-6,8H2,(H,14,17). The molecule has 0 aromatic heterocycles. The third-order valence-corrected chi connectivity index (χ3v) is 3.33. The highest BCUT2D eigenvalue weighted by molar-refractivity contribution is 6.33. The molecular weight excluding hydrogens is 270 g/mol. The van der Waals surface area contributed by atoms with Crippen LogP contribution >= 0.6 is 11.6 Å². The molecule has 1 saturated heterocycles. The molecule has 1 aliphatic rings. The van der Waals surface area contributed by atoms with E-state index in [9.17, 15) is 14.9 Å². The molecule has 0 spiro atoms. The van der Waals surface area contributed by atoms with E-state index in [0.29, 0.717) is 11.6 Å². The molecule has 0 bridgehead atoms. The second kappa shape index (κ2) is 5.99. The number of nitro groups is 1. The number of nitrogens with one attached hydrogen (secondary N) is 1. The van der Waals surface area contributed by atoms with Crippen LogP contribution in [-0.2, 0) is 4.79 Å². The Balaban J connectivity index is 2.02. The average Bonchev–Trinajstić information content (AvgIpc) is 2.84. The van der Waals surface area contributed by atoms with Crippen molar-refractivity contribution in [2.75, 3.05) is 25.0 Å². The van der Waals surface area contributed by atoms with E-state index in [2.05, 4.69) is 5.32 Å². The summed E-state index contributed by atoms with van der Waals surface area (Å²) in [6.45, 7) is 2.12. The Morgan fingerprint density at radius 2 is 2.11 bits per heavy atom. The van der Waals surface area contributed by atoms with Crippen molar-refractivity contribution in [3.63, 3.8) is 0 Å². The first kappa shape index (κ1) is 13.8. The molecular formula is C12H14ClN3O3. The van der Waals surface area contributed by atoms with Crippen molar-refractivity contribution in [2.45, 2.75) is 12.8 Å². The minimum Gasteiger partial charge on any atom is -0.323 e. The molecule has 1 aromatic carbocycles. The van der Waals surface area contributed by atoms with Crippen LogP contribution in [0.25, 0.3) is 0 Å². The van der Waals surface area contributed by atoms with Crippen LogP contribution in [0.2, 0.25) is 5.02 Å². The molecule has 0 aliphatic carbocycles. The minimum absolute atomic E-state index is 0.0964. The fourth-order valence-electron chi connectivity index (χ4n) is 2.06. The minimum atomic E-state index is -0.521. The van der Waals surface area contributed by atoms with Crippen molar-refractivity contribution < 1.29 is 9.72 Å². The summed E-state index contributed by atoms with van der Waals surface area (Å²) in [6.07, 6.45) is 2.20. The number of likely N-dealkylation sites (tertiary alicyclic amines) is 1. The third kappa shape index (κ3) is 3.65. The number of carbonyl (C=O) groups excluding carboxylic acids is 1. The van der Waals surface area contributed by atoms with Crippen molar-refractivity contribution in [1.82, 2.24) is 4.90 Å². The Hall–Kier alpha value is -1.66. The predicted octanol–water partition coefficient (Wildman–Crippen LogP) is 2.28. The van der Waals surface area contributed by atoms with E-state index >= 15 is 0 Å². The van der Waals surface area contributed by atoms with Gasteiger partial charge in [0, 0.05) is 12.1 Å². The van der Waals surface area contributed by atoms with Crippen LogP contribution in [0.1, 0.15) is 12.8 Å². The lowest BCUT2D eigenvalue weighted by atomic mass is 10.2. The maximum atomic E-state index is 11.8. The fourth-order valence-corrected chi connectivity index (χ4v) is 2.22. The molecule has 0 atom stereocenters. The average molecular weight is 284 g/mol. The van der Waals surface area contributed by atoms with Crippen LogP contribution < -0.4 is 5.32 Å². The lowest BCUT2D eigenvalue weighted by Crippen LogP contribution is -2.30. The van der Waals surface area contributed by atoms with Gasteiger partial charge < -0.3 is 5.32 Å². The Morgan fingerprint density at radius 1 is 1.42 bits per heavy atom. The number of non-ortho nitro benzene ring substituents is 1. The second-order valence-corrected chi connectivity index (χ2v) is 4.86. The SMILES string of the molecule is O=C(CN1CCCC1)Nc1cc([N+](=O)[O-])ccc1Cl. The molecule has 0 unspecified atom stereocenters. The van der Waals surface area contributed by atoms with Gasteiger partial charge in [-0.25, -0.2) is 0 Å². The van der Waals surface area contributed by atoms with Gasteiger partial charge >= 0.3 is 0 Å². The van der Waals surface area contributed by atoms with Crippen molar-refractivity contribution in [1.29, 1.82) is 0 Å². The molecule has 2 rings (SSSR count). The molecule has 1 aliphatic heterocycles. The molecule has 6 nitrogen and oxygen atoms in total. The summed E-state index contributed by atoms with van der Waals surface area (Å²) in [5.74, 6) is -0.204. The lowest BCUT2D eigenvalue weighted by molar-refractivity contribution is -0.384. The first-order valence-corrected chi connectivity index (χ1v) is 6.40. The van der Waals surface area contributed by atoms with E-state index < -0.39 is 4.92 Å². The maximum absolute atomic E-state index is 11.8. The van der Waals surface area contributed by atoms with Crippen molar-refractivity contribution in [3.8, 4) is 0 Å². The van der Waals surface area contributed by atoms with Gasteiger partial charge in [-0.1, -0.05) is 11.6 Å². The molecule has 19 heavy (non-hydrogen) atoms. The van der Waals surface area contributed by atoms with E-state index in [1.807, 2.05) is 4.90 Å². The predicted molar refractivity (Wildman–Crippen MR) is 72.4 cm³/mol. The summed E-state index contributed by atoms with van der Waals surface area (Å²) in [4.78, 5) is 24.0. The Kier molecular flexibility index (Phi) is 4.34. The first-order chi connectivity index (χ1) is 9.06. The quantitative estimate of drug-likeness (QED) is 0.679. The number of halogens is 1. The number of amides is 1. The molecule has 102 valence electrons. The van der Waals surface area contributed by atoms with Gasteiger partial charge in [0.25, 0.3) is 5.69 Å². The Bertz CT molecular complexity index is 501. The molecule has 1 fully saturated rings. The largest absolute Gasteiger partial charge is 0.323 e. The van der Waals surface area contributed by atoms with Crippen LogP contribution in [0.5, 0.6) is 0 Å². The monoisotopic (exact) mass is 283 g/mol. The number of nitro benzene ring substituents is 1. The van der Waals surface area contributed by atoms with Crippen molar-refractivity contribution in [3.05, 3.63) is 33.3 Å². The molecule has 1 amide bonds. The van der Waals surface area contributed by atoms with E-state index in [1.165, 1.54) is 18.2 Å². The van der Waals surface area contributed by atoms with E-state index in [4.69, 9.17) is 11.6 Å². The number of hydrogen-bond donors (Lipinski definition) is 1. The van der Waals surface area contributed by atoms with Crippen molar-refractivity contribution >= 4 is 28.9 Å². The lowest BCUT2D eigenvalue weighted by Gasteiger charge is -2.14. The Labute approximate surface area is 115 Å². The molecule has 1 N–H and O–H groups in total. The van der Waals surface area contributed by atoms with Crippen LogP contribution in [-0.4, -0.2) is 35.4 Å². The smallest absolute Gasteiger partial charge is 0.271 e. The number of benzene rings is 1. The van der Waals surface area contributed by atoms with Crippen LogP contribution in [0, 0.1) is 10.1 Å². The second-order valence-electron chi connectivity index (χ2n) is 4.45. The number of hydrogen-bond acceptors (Lipinski definition) is 4. The zero-order valence-electron chi connectivity index (χ0n) is 10.3. The highest BCUT2D eigenvalue weighted by Gasteiger charge is 2.17. The number of anilines is 1. The van der Waals surface area contributed by atoms with Crippen molar-refractivity contribution in [2.24, 2.45) is 0 Å². The molecule has 1 heterocycles. The molecule has 0 saturated carbocycles. The summed E-state index contributed by atoms with van der Waals surface area (Å²) in [7, 11) is 0. The highest BCUT2D eigenvalue weighted by Crippen LogP contribution is 2.26. The highest BCUT2D eigenvalue weighted by atomic mass is 35.5. The van der Waals surface area contributed by atoms with Gasteiger partial charge in [-0.2, -0.15) is 0 Å². The summed E-state index contributed by atoms with van der Waals surface area (Å²) < 4.78 is 0. The third-order valence-electron chi connectivity index (χ3n) is 3.00. The molecule has 7 heteroatoms. The number of carbonyl (C=O) groups is 1. The normalized spacial score (nSPS) is 15.4. The molecule has 1 aromatic rings. The van der Waals surface area contributed by atoms with Crippen LogP contribution in [0.4, 0.5) is 11.4 Å². The first-order valence-electron chi connectivity index (χ1n) is 6.02. The summed E-state index contributed by atoms with van der Waals surface area (Å²) in [5, 5.41) is 13.6. The summed E-state index contributed by atoms with van der Waals surface area (Å²) >= 11 is 5.91. The van der Waals surface area contributed by atoms with Gasteiger partial charge in [0.15, 0.2) is 0 Å². The zero-order chi connectivity index (χ0) is 13.8. The van der Waals surface area contributed by atoms with E-state index in [0.717, 1.165) is 25.9 Å². The van der Waals surface area contributed by atoms with Crippen LogP contribution in [0.3, 0.4) is 0 Å². The number of rotatable bonds is 4. The van der Waals surface area contributed by atoms with Gasteiger partial charge in [-0.05, 0) is 32.0 Å². The fraction of sp³-hybridized carbons (Fsp3) is 0.417. The number of nitrogens with zero attached hydrogens (tertiary/aromatic N) is 2. The van der Waals surface area contributed by atoms with Gasteiger partial charge in [0.05, 0.1) is 22.2 Å². The summed E-state index contributed by atoms with van der Waals surface area (Å²) in [6, 6.07) is 3.98. The topological polar surface area (TPSA) is 75.5 Å². The van der Waals surface area contributed by atoms with Gasteiger partial charge in [0.1, 0.15) is 0 Å². The summed E-state index contributed by atoms with van der Waals surface area (Å²) in [5.41, 5.74) is 0.181. The van der Waals surface area contributed by atoms with E-state index in [1.54, 1.807) is 0 Å². The van der Waals surface area contributed by atoms with Gasteiger partial charge in [-0.15, -0.1) is 0 Å². The zero-order valence-corrected chi connectivity index (χ0v) is 11.0. The van der Waals surface area contributed by atoms with E-state index in [-0.39, 0.29) is 17.3 Å².